The Morgan fingerprint density at radius 2 is 1.94 bits per heavy atom. The van der Waals surface area contributed by atoms with Gasteiger partial charge in [0.05, 0.1) is 31.4 Å². The highest BCUT2D eigenvalue weighted by atomic mass is 19.1. The molecule has 8 nitrogen and oxygen atoms in total. The van der Waals surface area contributed by atoms with Crippen LogP contribution in [0.4, 0.5) is 4.39 Å². The summed E-state index contributed by atoms with van der Waals surface area (Å²) in [7, 11) is 2.98. The Labute approximate surface area is 176 Å². The molecule has 2 aromatic carbocycles. The molecule has 0 saturated carbocycles. The first-order valence-electron chi connectivity index (χ1n) is 9.63. The molecule has 0 fully saturated rings. The molecule has 2 aromatic heterocycles. The number of ether oxygens (including phenoxy) is 2. The summed E-state index contributed by atoms with van der Waals surface area (Å²) < 4.78 is 25.2. The normalized spacial score (nSPS) is 11.1. The van der Waals surface area contributed by atoms with E-state index in [4.69, 9.17) is 9.47 Å². The number of rotatable bonds is 7. The number of benzene rings is 2. The van der Waals surface area contributed by atoms with Gasteiger partial charge in [-0.05, 0) is 36.2 Å². The zero-order chi connectivity index (χ0) is 22.0. The topological polar surface area (TPSA) is 98.2 Å². The van der Waals surface area contributed by atoms with Crippen molar-refractivity contribution in [2.75, 3.05) is 20.8 Å². The van der Waals surface area contributed by atoms with Crippen molar-refractivity contribution in [1.29, 1.82) is 0 Å². The van der Waals surface area contributed by atoms with Crippen LogP contribution in [0.25, 0.3) is 21.8 Å². The SMILES string of the molecule is COc1cc2ncn(CC(=O)NCCc3c[nH]c4ccc(F)cc34)c(=O)c2cc1OC. The largest absolute Gasteiger partial charge is 0.493 e. The van der Waals surface area contributed by atoms with Gasteiger partial charge in [0.1, 0.15) is 12.4 Å². The lowest BCUT2D eigenvalue weighted by molar-refractivity contribution is -0.121. The van der Waals surface area contributed by atoms with Crippen molar-refractivity contribution in [2.45, 2.75) is 13.0 Å². The van der Waals surface area contributed by atoms with Crippen molar-refractivity contribution >= 4 is 27.7 Å². The lowest BCUT2D eigenvalue weighted by Crippen LogP contribution is -2.33. The van der Waals surface area contributed by atoms with Crippen molar-refractivity contribution < 1.29 is 18.7 Å². The number of amides is 1. The number of aromatic amines is 1. The van der Waals surface area contributed by atoms with E-state index in [1.807, 2.05) is 0 Å². The molecular formula is C22H21FN4O4. The van der Waals surface area contributed by atoms with Crippen LogP contribution >= 0.6 is 0 Å². The quantitative estimate of drug-likeness (QED) is 0.475. The van der Waals surface area contributed by atoms with Crippen LogP contribution in [-0.4, -0.2) is 41.2 Å². The molecule has 4 aromatic rings. The number of methoxy groups -OCH3 is 2. The van der Waals surface area contributed by atoms with Gasteiger partial charge in [-0.15, -0.1) is 0 Å². The number of H-pyrrole nitrogens is 1. The Hall–Kier alpha value is -3.88. The first-order valence-corrected chi connectivity index (χ1v) is 9.63. The molecule has 31 heavy (non-hydrogen) atoms. The van der Waals surface area contributed by atoms with E-state index >= 15 is 0 Å². The number of aromatic nitrogens is 3. The van der Waals surface area contributed by atoms with Crippen LogP contribution in [0.2, 0.25) is 0 Å². The standard InChI is InChI=1S/C22H21FN4O4/c1-30-19-8-16-18(9-20(19)31-2)26-12-27(22(16)29)11-21(28)24-6-5-13-10-25-17-4-3-14(23)7-15(13)17/h3-4,7-10,12,25H,5-6,11H2,1-2H3,(H,24,28). The molecule has 0 spiro atoms. The number of carbonyl (C=O) groups excluding carboxylic acids is 1. The molecule has 0 aliphatic rings. The van der Waals surface area contributed by atoms with Crippen molar-refractivity contribution in [3.8, 4) is 11.5 Å². The summed E-state index contributed by atoms with van der Waals surface area (Å²) in [5, 5.41) is 3.90. The van der Waals surface area contributed by atoms with E-state index in [1.54, 1.807) is 24.4 Å². The first-order chi connectivity index (χ1) is 15.0. The minimum absolute atomic E-state index is 0.168. The van der Waals surface area contributed by atoms with Gasteiger partial charge in [-0.25, -0.2) is 9.37 Å². The monoisotopic (exact) mass is 424 g/mol. The van der Waals surface area contributed by atoms with Gasteiger partial charge in [0.25, 0.3) is 5.56 Å². The second-order valence-corrected chi connectivity index (χ2v) is 7.01. The number of hydrogen-bond acceptors (Lipinski definition) is 5. The summed E-state index contributed by atoms with van der Waals surface area (Å²) >= 11 is 0. The highest BCUT2D eigenvalue weighted by Gasteiger charge is 2.13. The molecule has 2 heterocycles. The Bertz CT molecular complexity index is 1330. The fourth-order valence-corrected chi connectivity index (χ4v) is 3.50. The van der Waals surface area contributed by atoms with E-state index in [2.05, 4.69) is 15.3 Å². The second kappa shape index (κ2) is 8.47. The number of nitrogens with one attached hydrogen (secondary N) is 2. The zero-order valence-corrected chi connectivity index (χ0v) is 17.1. The van der Waals surface area contributed by atoms with Crippen LogP contribution in [0.15, 0.2) is 47.7 Å². The molecule has 0 atom stereocenters. The molecule has 0 aliphatic heterocycles. The molecule has 0 aliphatic carbocycles. The van der Waals surface area contributed by atoms with E-state index in [0.29, 0.717) is 35.4 Å². The van der Waals surface area contributed by atoms with Crippen LogP contribution < -0.4 is 20.3 Å². The van der Waals surface area contributed by atoms with Gasteiger partial charge in [-0.1, -0.05) is 0 Å². The predicted molar refractivity (Wildman–Crippen MR) is 114 cm³/mol. The Morgan fingerprint density at radius 1 is 1.16 bits per heavy atom. The molecule has 4 rings (SSSR count). The highest BCUT2D eigenvalue weighted by molar-refractivity contribution is 5.84. The van der Waals surface area contributed by atoms with Crippen molar-refractivity contribution in [3.05, 3.63) is 64.6 Å². The average molecular weight is 424 g/mol. The Balaban J connectivity index is 1.45. The number of carbonyl (C=O) groups is 1. The maximum atomic E-state index is 13.5. The lowest BCUT2D eigenvalue weighted by atomic mass is 10.1. The van der Waals surface area contributed by atoms with Crippen LogP contribution in [-0.2, 0) is 17.8 Å². The molecule has 1 amide bonds. The van der Waals surface area contributed by atoms with E-state index in [1.165, 1.54) is 37.2 Å². The molecule has 160 valence electrons. The van der Waals surface area contributed by atoms with E-state index < -0.39 is 0 Å². The third-order valence-corrected chi connectivity index (χ3v) is 5.09. The summed E-state index contributed by atoms with van der Waals surface area (Å²) in [5.74, 6) is 0.241. The summed E-state index contributed by atoms with van der Waals surface area (Å²) in [6.45, 7) is 0.182. The molecule has 9 heteroatoms. The zero-order valence-electron chi connectivity index (χ0n) is 17.1. The van der Waals surface area contributed by atoms with Crippen molar-refractivity contribution in [2.24, 2.45) is 0 Å². The number of halogens is 1. The van der Waals surface area contributed by atoms with Crippen LogP contribution in [0.1, 0.15) is 5.56 Å². The molecule has 2 N–H and O–H groups in total. The number of nitrogens with zero attached hydrogens (tertiary/aromatic N) is 2. The van der Waals surface area contributed by atoms with Gasteiger partial charge in [-0.2, -0.15) is 0 Å². The Morgan fingerprint density at radius 3 is 2.71 bits per heavy atom. The van der Waals surface area contributed by atoms with Crippen LogP contribution in [0.3, 0.4) is 0 Å². The van der Waals surface area contributed by atoms with Crippen LogP contribution in [0, 0.1) is 5.82 Å². The summed E-state index contributed by atoms with van der Waals surface area (Å²) in [4.78, 5) is 32.5. The average Bonchev–Trinajstić information content (AvgIpc) is 3.17. The van der Waals surface area contributed by atoms with Crippen LogP contribution in [0.5, 0.6) is 11.5 Å². The van der Waals surface area contributed by atoms with E-state index in [9.17, 15) is 14.0 Å². The lowest BCUT2D eigenvalue weighted by Gasteiger charge is -2.11. The molecule has 0 radical (unpaired) electrons. The number of fused-ring (bicyclic) bond motifs is 2. The van der Waals surface area contributed by atoms with Gasteiger partial charge in [0, 0.05) is 29.7 Å². The fourth-order valence-electron chi connectivity index (χ4n) is 3.50. The summed E-state index contributed by atoms with van der Waals surface area (Å²) in [6, 6.07) is 7.70. The first kappa shape index (κ1) is 20.4. The van der Waals surface area contributed by atoms with Gasteiger partial charge in [0.2, 0.25) is 5.91 Å². The van der Waals surface area contributed by atoms with E-state index in [0.717, 1.165) is 16.5 Å². The van der Waals surface area contributed by atoms with Crippen molar-refractivity contribution in [1.82, 2.24) is 19.9 Å². The molecule has 0 unspecified atom stereocenters. The van der Waals surface area contributed by atoms with Gasteiger partial charge in [0.15, 0.2) is 11.5 Å². The van der Waals surface area contributed by atoms with E-state index in [-0.39, 0.29) is 23.8 Å². The maximum Gasteiger partial charge on any atom is 0.261 e. The predicted octanol–water partition coefficient (Wildman–Crippen LogP) is 2.39. The maximum absolute atomic E-state index is 13.5. The van der Waals surface area contributed by atoms with Gasteiger partial charge >= 0.3 is 0 Å². The van der Waals surface area contributed by atoms with Crippen molar-refractivity contribution in [3.63, 3.8) is 0 Å². The fraction of sp³-hybridized carbons (Fsp3) is 0.227. The number of hydrogen-bond donors (Lipinski definition) is 2. The third-order valence-electron chi connectivity index (χ3n) is 5.09. The van der Waals surface area contributed by atoms with Gasteiger partial charge in [-0.3, -0.25) is 14.2 Å². The molecule has 0 bridgehead atoms. The molecular weight excluding hydrogens is 403 g/mol. The Kier molecular flexibility index (Phi) is 5.57. The summed E-state index contributed by atoms with van der Waals surface area (Å²) in [5.41, 5.74) is 1.84. The minimum atomic E-state index is -0.354. The second-order valence-electron chi connectivity index (χ2n) is 7.01. The smallest absolute Gasteiger partial charge is 0.261 e. The summed E-state index contributed by atoms with van der Waals surface area (Å²) in [6.07, 6.45) is 3.66. The molecule has 0 saturated heterocycles. The highest BCUT2D eigenvalue weighted by Crippen LogP contribution is 2.29. The third kappa shape index (κ3) is 4.07. The minimum Gasteiger partial charge on any atom is -0.493 e. The van der Waals surface area contributed by atoms with Gasteiger partial charge < -0.3 is 19.8 Å².